The number of hydrogen-bond acceptors (Lipinski definition) is 9. The fourth-order valence-corrected chi connectivity index (χ4v) is 2.86. The molecule has 0 spiro atoms. The molecular weight excluding hydrogens is 320 g/mol. The van der Waals surface area contributed by atoms with E-state index < -0.39 is 35.4 Å². The molecule has 12 heteroatoms. The normalized spacial score (nSPS) is 25.8. The van der Waals surface area contributed by atoms with Crippen LogP contribution in [0.2, 0.25) is 0 Å². The topological polar surface area (TPSA) is 157 Å². The second-order valence-electron chi connectivity index (χ2n) is 4.63. The van der Waals surface area contributed by atoms with E-state index in [4.69, 9.17) is 9.29 Å². The monoisotopic (exact) mass is 332 g/mol. The fraction of sp³-hybridized carbons (Fsp3) is 0.500. The highest BCUT2D eigenvalue weighted by atomic mass is 32.3. The van der Waals surface area contributed by atoms with E-state index in [-0.39, 0.29) is 23.5 Å². The Balaban J connectivity index is 1.90. The van der Waals surface area contributed by atoms with Crippen LogP contribution in [0, 0.1) is 0 Å². The molecule has 3 atom stereocenters. The Morgan fingerprint density at radius 1 is 1.41 bits per heavy atom. The predicted molar refractivity (Wildman–Crippen MR) is 69.0 cm³/mol. The van der Waals surface area contributed by atoms with Crippen molar-refractivity contribution in [3.8, 4) is 5.88 Å². The zero-order valence-electron chi connectivity index (χ0n) is 11.0. The van der Waals surface area contributed by atoms with Gasteiger partial charge in [0.15, 0.2) is 11.2 Å². The average molecular weight is 332 g/mol. The van der Waals surface area contributed by atoms with Gasteiger partial charge in [0.1, 0.15) is 24.8 Å². The van der Waals surface area contributed by atoms with E-state index in [0.717, 1.165) is 6.33 Å². The van der Waals surface area contributed by atoms with Gasteiger partial charge >= 0.3 is 10.4 Å². The highest BCUT2D eigenvalue weighted by Crippen LogP contribution is 2.33. The van der Waals surface area contributed by atoms with Crippen molar-refractivity contribution in [1.82, 2.24) is 19.5 Å². The molecule has 1 fully saturated rings. The maximum absolute atomic E-state index is 10.8. The first-order valence-corrected chi connectivity index (χ1v) is 7.54. The highest BCUT2D eigenvalue weighted by molar-refractivity contribution is 7.80. The van der Waals surface area contributed by atoms with E-state index >= 15 is 0 Å². The van der Waals surface area contributed by atoms with E-state index in [1.165, 1.54) is 10.9 Å². The average Bonchev–Trinajstić information content (AvgIpc) is 3.01. The van der Waals surface area contributed by atoms with Crippen LogP contribution in [0.5, 0.6) is 5.88 Å². The van der Waals surface area contributed by atoms with Gasteiger partial charge in [-0.15, -0.1) is 0 Å². The SMILES string of the molecule is O=S(=O)(O)O[C@H]1C[C@H](n2cnc3c(O)ncnc32)O[C@@H]1CO. The number of hydrogen-bond donors (Lipinski definition) is 3. The van der Waals surface area contributed by atoms with Crippen LogP contribution in [0.15, 0.2) is 12.7 Å². The van der Waals surface area contributed by atoms with E-state index in [2.05, 4.69) is 19.1 Å². The number of aromatic nitrogens is 4. The number of aliphatic hydroxyl groups excluding tert-OH is 1. The van der Waals surface area contributed by atoms with Crippen molar-refractivity contribution >= 4 is 21.6 Å². The maximum atomic E-state index is 10.8. The molecule has 0 unspecified atom stereocenters. The molecule has 0 saturated carbocycles. The highest BCUT2D eigenvalue weighted by Gasteiger charge is 2.40. The van der Waals surface area contributed by atoms with Gasteiger partial charge in [-0.05, 0) is 0 Å². The van der Waals surface area contributed by atoms with Crippen molar-refractivity contribution in [1.29, 1.82) is 0 Å². The Bertz CT molecular complexity index is 792. The van der Waals surface area contributed by atoms with Crippen molar-refractivity contribution in [3.05, 3.63) is 12.7 Å². The second-order valence-corrected chi connectivity index (χ2v) is 5.68. The van der Waals surface area contributed by atoms with Gasteiger partial charge in [0.25, 0.3) is 0 Å². The van der Waals surface area contributed by atoms with Crippen molar-refractivity contribution in [2.24, 2.45) is 0 Å². The summed E-state index contributed by atoms with van der Waals surface area (Å²) in [4.78, 5) is 11.5. The molecule has 0 radical (unpaired) electrons. The van der Waals surface area contributed by atoms with Crippen LogP contribution >= 0.6 is 0 Å². The lowest BCUT2D eigenvalue weighted by Gasteiger charge is -2.14. The summed E-state index contributed by atoms with van der Waals surface area (Å²) in [5.41, 5.74) is 0.437. The summed E-state index contributed by atoms with van der Waals surface area (Å²) >= 11 is 0. The van der Waals surface area contributed by atoms with Crippen molar-refractivity contribution in [2.45, 2.75) is 24.9 Å². The summed E-state index contributed by atoms with van der Waals surface area (Å²) in [6.45, 7) is -0.496. The summed E-state index contributed by atoms with van der Waals surface area (Å²) in [5, 5.41) is 18.8. The van der Waals surface area contributed by atoms with Crippen LogP contribution < -0.4 is 0 Å². The molecule has 3 N–H and O–H groups in total. The Kier molecular flexibility index (Phi) is 3.70. The molecule has 120 valence electrons. The largest absolute Gasteiger partial charge is 0.492 e. The molecule has 3 heterocycles. The maximum Gasteiger partial charge on any atom is 0.397 e. The first kappa shape index (κ1) is 15.1. The number of nitrogens with zero attached hydrogens (tertiary/aromatic N) is 4. The number of aromatic hydroxyl groups is 1. The minimum atomic E-state index is -4.67. The van der Waals surface area contributed by atoms with Gasteiger partial charge < -0.3 is 14.9 Å². The van der Waals surface area contributed by atoms with Gasteiger partial charge in [-0.1, -0.05) is 0 Å². The van der Waals surface area contributed by atoms with E-state index in [0.29, 0.717) is 0 Å². The van der Waals surface area contributed by atoms with Crippen LogP contribution in [0.3, 0.4) is 0 Å². The first-order valence-electron chi connectivity index (χ1n) is 6.17. The molecule has 0 bridgehead atoms. The number of aliphatic hydroxyl groups is 1. The van der Waals surface area contributed by atoms with E-state index in [1.54, 1.807) is 0 Å². The van der Waals surface area contributed by atoms with Gasteiger partial charge in [0, 0.05) is 6.42 Å². The predicted octanol–water partition coefficient (Wildman–Crippen LogP) is -1.00. The third-order valence-corrected chi connectivity index (χ3v) is 3.75. The Hall–Kier alpha value is -1.86. The third kappa shape index (κ3) is 2.74. The van der Waals surface area contributed by atoms with Gasteiger partial charge in [-0.3, -0.25) is 9.12 Å². The van der Waals surface area contributed by atoms with Gasteiger partial charge in [0.2, 0.25) is 5.88 Å². The van der Waals surface area contributed by atoms with Gasteiger partial charge in [0.05, 0.1) is 12.9 Å². The minimum Gasteiger partial charge on any atom is -0.492 e. The molecule has 0 aromatic carbocycles. The van der Waals surface area contributed by atoms with Crippen molar-refractivity contribution < 1.29 is 32.1 Å². The molecule has 3 rings (SSSR count). The van der Waals surface area contributed by atoms with Crippen LogP contribution in [-0.2, 0) is 19.3 Å². The standard InChI is InChI=1S/C10H12N4O7S/c15-2-6-5(21-22(17,18)19)1-7(20-6)14-4-13-8-9(14)11-3-12-10(8)16/h3-7,15H,1-2H2,(H,11,12,16)(H,17,18,19)/t5-,6+,7+/m0/s1. The molecule has 1 saturated heterocycles. The Labute approximate surface area is 124 Å². The summed E-state index contributed by atoms with van der Waals surface area (Å²) < 4.78 is 41.8. The van der Waals surface area contributed by atoms with Gasteiger partial charge in [-0.2, -0.15) is 13.4 Å². The number of fused-ring (bicyclic) bond motifs is 1. The zero-order valence-corrected chi connectivity index (χ0v) is 11.8. The lowest BCUT2D eigenvalue weighted by Crippen LogP contribution is -2.29. The third-order valence-electron chi connectivity index (χ3n) is 3.26. The van der Waals surface area contributed by atoms with Crippen LogP contribution in [0.25, 0.3) is 11.2 Å². The molecule has 11 nitrogen and oxygen atoms in total. The Morgan fingerprint density at radius 2 is 2.18 bits per heavy atom. The lowest BCUT2D eigenvalue weighted by atomic mass is 10.2. The Morgan fingerprint density at radius 3 is 2.86 bits per heavy atom. The lowest BCUT2D eigenvalue weighted by molar-refractivity contribution is -0.0396. The second kappa shape index (κ2) is 5.40. The molecule has 1 aliphatic heterocycles. The number of imidazole rings is 1. The molecule has 22 heavy (non-hydrogen) atoms. The summed E-state index contributed by atoms with van der Waals surface area (Å²) in [6, 6.07) is 0. The van der Waals surface area contributed by atoms with Crippen molar-refractivity contribution in [3.63, 3.8) is 0 Å². The van der Waals surface area contributed by atoms with Crippen molar-refractivity contribution in [2.75, 3.05) is 6.61 Å². The molecule has 2 aromatic rings. The fourth-order valence-electron chi connectivity index (χ4n) is 2.34. The first-order chi connectivity index (χ1) is 10.4. The zero-order chi connectivity index (χ0) is 15.9. The van der Waals surface area contributed by atoms with Crippen LogP contribution in [0.4, 0.5) is 0 Å². The number of rotatable bonds is 4. The summed E-state index contributed by atoms with van der Waals surface area (Å²) in [6.07, 6.45) is -0.226. The van der Waals surface area contributed by atoms with Crippen LogP contribution in [0.1, 0.15) is 12.6 Å². The summed E-state index contributed by atoms with van der Waals surface area (Å²) in [7, 11) is -4.67. The quantitative estimate of drug-likeness (QED) is 0.593. The van der Waals surface area contributed by atoms with E-state index in [9.17, 15) is 18.6 Å². The molecule has 2 aromatic heterocycles. The molecule has 0 amide bonds. The van der Waals surface area contributed by atoms with Gasteiger partial charge in [-0.25, -0.2) is 14.2 Å². The summed E-state index contributed by atoms with van der Waals surface area (Å²) in [5.74, 6) is -0.300. The number of ether oxygens (including phenoxy) is 1. The smallest absolute Gasteiger partial charge is 0.397 e. The van der Waals surface area contributed by atoms with Crippen LogP contribution in [-0.4, -0.2) is 61.5 Å². The molecule has 0 aliphatic carbocycles. The molecule has 1 aliphatic rings. The van der Waals surface area contributed by atoms with E-state index in [1.807, 2.05) is 0 Å². The molecular formula is C10H12N4O7S. The minimum absolute atomic E-state index is 0.0290.